The van der Waals surface area contributed by atoms with Gasteiger partial charge in [0.1, 0.15) is 12.4 Å². The van der Waals surface area contributed by atoms with Crippen LogP contribution in [0.2, 0.25) is 0 Å². The zero-order valence-corrected chi connectivity index (χ0v) is 12.2. The smallest absolute Gasteiger partial charge is 0.119 e. The highest BCUT2D eigenvalue weighted by Crippen LogP contribution is 2.18. The number of hydrogen-bond donors (Lipinski definition) is 0. The minimum atomic E-state index is 0.583. The van der Waals surface area contributed by atoms with Crippen molar-refractivity contribution in [2.75, 3.05) is 26.2 Å². The SMILES string of the molecule is CC.Cc1ccc(OCCN2CC(CC#N)C2)cc1. The highest BCUT2D eigenvalue weighted by molar-refractivity contribution is 5.26. The monoisotopic (exact) mass is 260 g/mol. The van der Waals surface area contributed by atoms with Gasteiger partial charge in [-0.05, 0) is 25.0 Å². The van der Waals surface area contributed by atoms with Crippen molar-refractivity contribution in [2.45, 2.75) is 27.2 Å². The van der Waals surface area contributed by atoms with E-state index in [4.69, 9.17) is 10.00 Å². The number of benzene rings is 1. The lowest BCUT2D eigenvalue weighted by atomic mass is 9.97. The summed E-state index contributed by atoms with van der Waals surface area (Å²) < 4.78 is 5.66. The minimum Gasteiger partial charge on any atom is -0.492 e. The summed E-state index contributed by atoms with van der Waals surface area (Å²) >= 11 is 0. The first-order valence-electron chi connectivity index (χ1n) is 7.06. The second kappa shape index (κ2) is 8.55. The Morgan fingerprint density at radius 3 is 2.47 bits per heavy atom. The maximum absolute atomic E-state index is 8.54. The topological polar surface area (TPSA) is 36.3 Å². The number of rotatable bonds is 5. The zero-order chi connectivity index (χ0) is 14.1. The molecule has 0 saturated carbocycles. The number of nitrogens with zero attached hydrogens (tertiary/aromatic N) is 2. The van der Waals surface area contributed by atoms with Crippen molar-refractivity contribution >= 4 is 0 Å². The van der Waals surface area contributed by atoms with Gasteiger partial charge in [0.25, 0.3) is 0 Å². The molecule has 0 aliphatic carbocycles. The number of ether oxygens (including phenoxy) is 1. The largest absolute Gasteiger partial charge is 0.492 e. The Bertz CT molecular complexity index is 388. The molecule has 0 unspecified atom stereocenters. The van der Waals surface area contributed by atoms with Gasteiger partial charge >= 0.3 is 0 Å². The number of nitriles is 1. The average molecular weight is 260 g/mol. The molecule has 1 aliphatic rings. The fourth-order valence-corrected chi connectivity index (χ4v) is 2.04. The van der Waals surface area contributed by atoms with E-state index in [-0.39, 0.29) is 0 Å². The molecular formula is C16H24N2O. The van der Waals surface area contributed by atoms with Crippen molar-refractivity contribution in [1.82, 2.24) is 4.90 Å². The molecule has 0 spiro atoms. The lowest BCUT2D eigenvalue weighted by Gasteiger charge is -2.37. The molecule has 1 heterocycles. The van der Waals surface area contributed by atoms with Gasteiger partial charge in [-0.25, -0.2) is 0 Å². The molecule has 1 saturated heterocycles. The lowest BCUT2D eigenvalue weighted by molar-refractivity contribution is 0.0854. The Morgan fingerprint density at radius 2 is 1.89 bits per heavy atom. The standard InChI is InChI=1S/C14H18N2O.C2H6/c1-12-2-4-14(5-3-12)17-9-8-16-10-13(11-16)6-7-15;1-2/h2-5,13H,6,8-11H2,1H3;1-2H3. The molecule has 19 heavy (non-hydrogen) atoms. The molecule has 1 aromatic carbocycles. The van der Waals surface area contributed by atoms with E-state index in [9.17, 15) is 0 Å². The first kappa shape index (κ1) is 15.5. The quantitative estimate of drug-likeness (QED) is 0.815. The van der Waals surface area contributed by atoms with Gasteiger partial charge in [-0.3, -0.25) is 4.90 Å². The molecule has 1 aromatic rings. The Labute approximate surface area is 116 Å². The maximum Gasteiger partial charge on any atom is 0.119 e. The van der Waals surface area contributed by atoms with Gasteiger partial charge in [-0.15, -0.1) is 0 Å². The van der Waals surface area contributed by atoms with E-state index < -0.39 is 0 Å². The molecule has 0 atom stereocenters. The summed E-state index contributed by atoms with van der Waals surface area (Å²) in [5.41, 5.74) is 1.25. The van der Waals surface area contributed by atoms with E-state index >= 15 is 0 Å². The first-order chi connectivity index (χ1) is 9.28. The van der Waals surface area contributed by atoms with Gasteiger partial charge in [0.05, 0.1) is 6.07 Å². The van der Waals surface area contributed by atoms with E-state index in [0.29, 0.717) is 12.3 Å². The van der Waals surface area contributed by atoms with E-state index in [2.05, 4.69) is 30.0 Å². The molecule has 0 amide bonds. The van der Waals surface area contributed by atoms with Crippen LogP contribution in [0.25, 0.3) is 0 Å². The third-order valence-corrected chi connectivity index (χ3v) is 3.11. The Hall–Kier alpha value is -1.53. The summed E-state index contributed by atoms with van der Waals surface area (Å²) in [6.07, 6.45) is 0.690. The highest BCUT2D eigenvalue weighted by Gasteiger charge is 2.25. The second-order valence-electron chi connectivity index (χ2n) is 4.65. The summed E-state index contributed by atoms with van der Waals surface area (Å²) in [4.78, 5) is 2.33. The van der Waals surface area contributed by atoms with Crippen LogP contribution in [0.4, 0.5) is 0 Å². The van der Waals surface area contributed by atoms with Crippen LogP contribution in [0.5, 0.6) is 5.75 Å². The minimum absolute atomic E-state index is 0.583. The van der Waals surface area contributed by atoms with Gasteiger partial charge in [-0.1, -0.05) is 31.5 Å². The summed E-state index contributed by atoms with van der Waals surface area (Å²) in [6.45, 7) is 9.84. The molecule has 0 aromatic heterocycles. The van der Waals surface area contributed by atoms with Crippen molar-refractivity contribution in [2.24, 2.45) is 5.92 Å². The molecule has 104 valence electrons. The van der Waals surface area contributed by atoms with Gasteiger partial charge in [-0.2, -0.15) is 5.26 Å². The Balaban J connectivity index is 0.000000861. The number of likely N-dealkylation sites (tertiary alicyclic amines) is 1. The molecule has 2 rings (SSSR count). The van der Waals surface area contributed by atoms with Gasteiger partial charge < -0.3 is 4.74 Å². The summed E-state index contributed by atoms with van der Waals surface area (Å²) in [6, 6.07) is 10.3. The molecule has 0 N–H and O–H groups in total. The third-order valence-electron chi connectivity index (χ3n) is 3.11. The van der Waals surface area contributed by atoms with E-state index in [1.54, 1.807) is 0 Å². The molecule has 0 bridgehead atoms. The lowest BCUT2D eigenvalue weighted by Crippen LogP contribution is -2.47. The van der Waals surface area contributed by atoms with Gasteiger partial charge in [0.15, 0.2) is 0 Å². The summed E-state index contributed by atoms with van der Waals surface area (Å²) in [7, 11) is 0. The van der Waals surface area contributed by atoms with Crippen molar-refractivity contribution in [3.63, 3.8) is 0 Å². The van der Waals surface area contributed by atoms with Crippen molar-refractivity contribution in [3.05, 3.63) is 29.8 Å². The third kappa shape index (κ3) is 5.32. The predicted octanol–water partition coefficient (Wildman–Crippen LogP) is 3.25. The normalized spacial score (nSPS) is 14.8. The molecule has 1 fully saturated rings. The van der Waals surface area contributed by atoms with Gasteiger partial charge in [0.2, 0.25) is 0 Å². The predicted molar refractivity (Wildman–Crippen MR) is 78.2 cm³/mol. The van der Waals surface area contributed by atoms with Crippen molar-refractivity contribution < 1.29 is 4.74 Å². The number of aryl methyl sites for hydroxylation is 1. The van der Waals surface area contributed by atoms with Crippen LogP contribution in [0.15, 0.2) is 24.3 Å². The van der Waals surface area contributed by atoms with Crippen LogP contribution in [-0.2, 0) is 0 Å². The van der Waals surface area contributed by atoms with E-state index in [1.807, 2.05) is 26.0 Å². The van der Waals surface area contributed by atoms with Crippen molar-refractivity contribution in [3.8, 4) is 11.8 Å². The van der Waals surface area contributed by atoms with Crippen LogP contribution >= 0.6 is 0 Å². The average Bonchev–Trinajstić information content (AvgIpc) is 2.40. The van der Waals surface area contributed by atoms with Crippen molar-refractivity contribution in [1.29, 1.82) is 5.26 Å². The molecular weight excluding hydrogens is 236 g/mol. The van der Waals surface area contributed by atoms with Crippen LogP contribution < -0.4 is 4.74 Å². The maximum atomic E-state index is 8.54. The van der Waals surface area contributed by atoms with Gasteiger partial charge in [0, 0.05) is 26.1 Å². The summed E-state index contributed by atoms with van der Waals surface area (Å²) in [5, 5.41) is 8.54. The Morgan fingerprint density at radius 1 is 1.26 bits per heavy atom. The highest BCUT2D eigenvalue weighted by atomic mass is 16.5. The van der Waals surface area contributed by atoms with Crippen LogP contribution in [-0.4, -0.2) is 31.1 Å². The fourth-order valence-electron chi connectivity index (χ4n) is 2.04. The first-order valence-corrected chi connectivity index (χ1v) is 7.06. The molecule has 3 heteroatoms. The van der Waals surface area contributed by atoms with E-state index in [1.165, 1.54) is 5.56 Å². The fraction of sp³-hybridized carbons (Fsp3) is 0.562. The van der Waals surface area contributed by atoms with Crippen LogP contribution in [0.1, 0.15) is 25.8 Å². The Kier molecular flexibility index (Phi) is 6.99. The van der Waals surface area contributed by atoms with Crippen LogP contribution in [0.3, 0.4) is 0 Å². The van der Waals surface area contributed by atoms with Crippen LogP contribution in [0, 0.1) is 24.2 Å². The second-order valence-corrected chi connectivity index (χ2v) is 4.65. The van der Waals surface area contributed by atoms with E-state index in [0.717, 1.165) is 32.0 Å². The molecule has 3 nitrogen and oxygen atoms in total. The molecule has 1 aliphatic heterocycles. The number of hydrogen-bond acceptors (Lipinski definition) is 3. The zero-order valence-electron chi connectivity index (χ0n) is 12.2. The summed E-state index contributed by atoms with van der Waals surface area (Å²) in [5.74, 6) is 1.52. The molecule has 0 radical (unpaired) electrons.